The van der Waals surface area contributed by atoms with Gasteiger partial charge in [0.25, 0.3) is 0 Å². The minimum atomic E-state index is -4.62. The average Bonchev–Trinajstić information content (AvgIpc) is 2.18. The van der Waals surface area contributed by atoms with Gasteiger partial charge in [-0.15, -0.1) is 0 Å². The molecule has 1 unspecified atom stereocenters. The van der Waals surface area contributed by atoms with Gasteiger partial charge in [-0.2, -0.15) is 13.2 Å². The van der Waals surface area contributed by atoms with Crippen LogP contribution in [0.5, 0.6) is 5.75 Å². The van der Waals surface area contributed by atoms with E-state index in [1.54, 1.807) is 0 Å². The predicted molar refractivity (Wildman–Crippen MR) is 54.8 cm³/mol. The van der Waals surface area contributed by atoms with E-state index in [0.717, 1.165) is 6.07 Å². The number of aliphatic hydroxyl groups is 1. The highest BCUT2D eigenvalue weighted by Crippen LogP contribution is 2.39. The number of phenols is 1. The van der Waals surface area contributed by atoms with Crippen molar-refractivity contribution in [2.24, 2.45) is 5.73 Å². The van der Waals surface area contributed by atoms with E-state index in [-0.39, 0.29) is 10.0 Å². The third-order valence-corrected chi connectivity index (χ3v) is 2.66. The number of rotatable bonds is 2. The van der Waals surface area contributed by atoms with Crippen LogP contribution in [0.15, 0.2) is 16.6 Å². The standard InChI is InChI=1S/C9H9BrF3NO2/c10-6-1-4(7(14)3-15)5(2-8(6)16)9(11,12)13/h1-2,7,15-16H,3,14H2. The maximum Gasteiger partial charge on any atom is 0.416 e. The first-order valence-corrected chi connectivity index (χ1v) is 5.02. The highest BCUT2D eigenvalue weighted by molar-refractivity contribution is 9.10. The minimum Gasteiger partial charge on any atom is -0.507 e. The van der Waals surface area contributed by atoms with E-state index in [1.165, 1.54) is 0 Å². The third-order valence-electron chi connectivity index (χ3n) is 2.02. The Morgan fingerprint density at radius 2 is 1.94 bits per heavy atom. The summed E-state index contributed by atoms with van der Waals surface area (Å²) in [5, 5.41) is 18.0. The van der Waals surface area contributed by atoms with Gasteiger partial charge >= 0.3 is 6.18 Å². The van der Waals surface area contributed by atoms with Gasteiger partial charge in [0, 0.05) is 0 Å². The number of aliphatic hydroxyl groups excluding tert-OH is 1. The largest absolute Gasteiger partial charge is 0.507 e. The van der Waals surface area contributed by atoms with Gasteiger partial charge in [0.1, 0.15) is 5.75 Å². The summed E-state index contributed by atoms with van der Waals surface area (Å²) in [6.07, 6.45) is -4.62. The molecule has 4 N–H and O–H groups in total. The molecule has 0 aliphatic heterocycles. The average molecular weight is 300 g/mol. The van der Waals surface area contributed by atoms with E-state index < -0.39 is 30.1 Å². The molecular formula is C9H9BrF3NO2. The summed E-state index contributed by atoms with van der Waals surface area (Å²) in [4.78, 5) is 0. The van der Waals surface area contributed by atoms with Crippen LogP contribution in [0.2, 0.25) is 0 Å². The summed E-state index contributed by atoms with van der Waals surface area (Å²) in [5.74, 6) is -0.527. The molecule has 7 heteroatoms. The fourth-order valence-electron chi connectivity index (χ4n) is 1.23. The van der Waals surface area contributed by atoms with E-state index in [0.29, 0.717) is 6.07 Å². The Morgan fingerprint density at radius 1 is 1.38 bits per heavy atom. The monoisotopic (exact) mass is 299 g/mol. The Hall–Kier alpha value is -0.790. The quantitative estimate of drug-likeness (QED) is 0.784. The molecule has 90 valence electrons. The van der Waals surface area contributed by atoms with E-state index in [4.69, 9.17) is 10.8 Å². The van der Waals surface area contributed by atoms with Crippen LogP contribution in [0.4, 0.5) is 13.2 Å². The van der Waals surface area contributed by atoms with Crippen LogP contribution >= 0.6 is 15.9 Å². The topological polar surface area (TPSA) is 66.5 Å². The number of alkyl halides is 3. The van der Waals surface area contributed by atoms with Gasteiger partial charge in [-0.25, -0.2) is 0 Å². The van der Waals surface area contributed by atoms with Crippen molar-refractivity contribution in [1.29, 1.82) is 0 Å². The molecule has 1 atom stereocenters. The summed E-state index contributed by atoms with van der Waals surface area (Å²) >= 11 is 2.89. The maximum atomic E-state index is 12.6. The summed E-state index contributed by atoms with van der Waals surface area (Å²) in [5.41, 5.74) is 4.05. The van der Waals surface area contributed by atoms with Crippen LogP contribution in [-0.2, 0) is 6.18 Å². The maximum absolute atomic E-state index is 12.6. The molecule has 1 aromatic rings. The Bertz CT molecular complexity index is 395. The molecule has 0 fully saturated rings. The van der Waals surface area contributed by atoms with E-state index in [1.807, 2.05) is 0 Å². The van der Waals surface area contributed by atoms with Gasteiger partial charge in [-0.3, -0.25) is 0 Å². The summed E-state index contributed by atoms with van der Waals surface area (Å²) in [6.45, 7) is -0.611. The number of phenolic OH excluding ortho intramolecular Hbond substituents is 1. The van der Waals surface area contributed by atoms with Crippen molar-refractivity contribution in [3.05, 3.63) is 27.7 Å². The fourth-order valence-corrected chi connectivity index (χ4v) is 1.59. The molecule has 1 aromatic carbocycles. The summed E-state index contributed by atoms with van der Waals surface area (Å²) < 4.78 is 37.9. The smallest absolute Gasteiger partial charge is 0.416 e. The highest BCUT2D eigenvalue weighted by atomic mass is 79.9. The van der Waals surface area contributed by atoms with Crippen molar-refractivity contribution >= 4 is 15.9 Å². The lowest BCUT2D eigenvalue weighted by atomic mass is 10.0. The molecule has 0 radical (unpaired) electrons. The van der Waals surface area contributed by atoms with E-state index in [9.17, 15) is 18.3 Å². The van der Waals surface area contributed by atoms with Crippen LogP contribution in [0.3, 0.4) is 0 Å². The van der Waals surface area contributed by atoms with Gasteiger partial charge in [0.2, 0.25) is 0 Å². The van der Waals surface area contributed by atoms with Crippen LogP contribution in [0.1, 0.15) is 17.2 Å². The number of nitrogens with two attached hydrogens (primary N) is 1. The van der Waals surface area contributed by atoms with E-state index in [2.05, 4.69) is 15.9 Å². The van der Waals surface area contributed by atoms with Crippen molar-refractivity contribution < 1.29 is 23.4 Å². The lowest BCUT2D eigenvalue weighted by Gasteiger charge is -2.17. The fraction of sp³-hybridized carbons (Fsp3) is 0.333. The normalized spacial score (nSPS) is 13.9. The zero-order valence-corrected chi connectivity index (χ0v) is 9.51. The summed E-state index contributed by atoms with van der Waals surface area (Å²) in [7, 11) is 0. The van der Waals surface area contributed by atoms with Crippen molar-refractivity contribution in [1.82, 2.24) is 0 Å². The number of aromatic hydroxyl groups is 1. The van der Waals surface area contributed by atoms with Gasteiger partial charge in [0.05, 0.1) is 22.7 Å². The molecule has 0 spiro atoms. The molecule has 0 bridgehead atoms. The minimum absolute atomic E-state index is 0.0967. The first kappa shape index (κ1) is 13.3. The van der Waals surface area contributed by atoms with Crippen LogP contribution < -0.4 is 5.73 Å². The van der Waals surface area contributed by atoms with Gasteiger partial charge in [-0.1, -0.05) is 0 Å². The lowest BCUT2D eigenvalue weighted by Crippen LogP contribution is -2.20. The molecule has 0 saturated heterocycles. The molecule has 0 aromatic heterocycles. The highest BCUT2D eigenvalue weighted by Gasteiger charge is 2.35. The zero-order chi connectivity index (χ0) is 12.5. The van der Waals surface area contributed by atoms with Crippen LogP contribution in [0, 0.1) is 0 Å². The van der Waals surface area contributed by atoms with Gasteiger partial charge < -0.3 is 15.9 Å². The first-order valence-electron chi connectivity index (χ1n) is 4.23. The SMILES string of the molecule is NC(CO)c1cc(Br)c(O)cc1C(F)(F)F. The first-order chi connectivity index (χ1) is 7.27. The molecule has 0 aliphatic carbocycles. The number of hydrogen-bond acceptors (Lipinski definition) is 3. The third kappa shape index (κ3) is 2.66. The molecule has 0 amide bonds. The van der Waals surface area contributed by atoms with E-state index >= 15 is 0 Å². The second-order valence-electron chi connectivity index (χ2n) is 3.18. The number of benzene rings is 1. The van der Waals surface area contributed by atoms with Gasteiger partial charge in [-0.05, 0) is 33.6 Å². The Morgan fingerprint density at radius 3 is 2.38 bits per heavy atom. The van der Waals surface area contributed by atoms with Crippen LogP contribution in [0.25, 0.3) is 0 Å². The van der Waals surface area contributed by atoms with Crippen molar-refractivity contribution in [2.45, 2.75) is 12.2 Å². The number of halogens is 4. The molecule has 0 saturated carbocycles. The number of hydrogen-bond donors (Lipinski definition) is 3. The molecule has 0 aliphatic rings. The second kappa shape index (κ2) is 4.60. The van der Waals surface area contributed by atoms with Crippen molar-refractivity contribution in [3.63, 3.8) is 0 Å². The predicted octanol–water partition coefficient (Wildman–Crippen LogP) is 2.17. The second-order valence-corrected chi connectivity index (χ2v) is 4.03. The Kier molecular flexibility index (Phi) is 3.82. The molecular weight excluding hydrogens is 291 g/mol. The molecule has 0 heterocycles. The molecule has 16 heavy (non-hydrogen) atoms. The molecule has 3 nitrogen and oxygen atoms in total. The van der Waals surface area contributed by atoms with Crippen molar-refractivity contribution in [3.8, 4) is 5.75 Å². The van der Waals surface area contributed by atoms with Crippen LogP contribution in [-0.4, -0.2) is 16.8 Å². The summed E-state index contributed by atoms with van der Waals surface area (Å²) in [6, 6.07) is 0.488. The molecule has 1 rings (SSSR count). The van der Waals surface area contributed by atoms with Gasteiger partial charge in [0.15, 0.2) is 0 Å². The Balaban J connectivity index is 3.39. The zero-order valence-electron chi connectivity index (χ0n) is 7.92. The van der Waals surface area contributed by atoms with Crippen molar-refractivity contribution in [2.75, 3.05) is 6.61 Å². The lowest BCUT2D eigenvalue weighted by molar-refractivity contribution is -0.138. The Labute approximate surface area is 97.8 Å².